The highest BCUT2D eigenvalue weighted by Crippen LogP contribution is 2.04. The number of carbonyl (C=O) groups excluding carboxylic acids is 1. The van der Waals surface area contributed by atoms with Gasteiger partial charge in [0.25, 0.3) is 0 Å². The minimum atomic E-state index is -0.534. The smallest absolute Gasteiger partial charge is 0.412 e. The van der Waals surface area contributed by atoms with E-state index in [1.54, 1.807) is 18.3 Å². The summed E-state index contributed by atoms with van der Waals surface area (Å²) in [7, 11) is 1.30. The van der Waals surface area contributed by atoms with Crippen molar-refractivity contribution in [2.45, 2.75) is 6.54 Å². The van der Waals surface area contributed by atoms with E-state index >= 15 is 0 Å². The number of amides is 1. The summed E-state index contributed by atoms with van der Waals surface area (Å²) < 4.78 is 4.40. The van der Waals surface area contributed by atoms with Gasteiger partial charge in [-0.25, -0.2) is 9.78 Å². The first-order valence-electron chi connectivity index (χ1n) is 3.76. The molecular weight excluding hydrogens is 170 g/mol. The van der Waals surface area contributed by atoms with Gasteiger partial charge in [0.2, 0.25) is 0 Å². The molecule has 0 aliphatic carbocycles. The van der Waals surface area contributed by atoms with E-state index in [-0.39, 0.29) is 0 Å². The predicted octanol–water partition coefficient (Wildman–Crippen LogP) is 0.719. The van der Waals surface area contributed by atoms with Crippen molar-refractivity contribution in [3.8, 4) is 0 Å². The number of anilines is 1. The van der Waals surface area contributed by atoms with Crippen LogP contribution in [0.5, 0.6) is 0 Å². The summed E-state index contributed by atoms with van der Waals surface area (Å²) in [6.45, 7) is 0.436. The number of aromatic nitrogens is 1. The Morgan fingerprint density at radius 3 is 2.92 bits per heavy atom. The molecule has 1 aromatic rings. The number of nitrogens with one attached hydrogen (secondary N) is 1. The van der Waals surface area contributed by atoms with Crippen LogP contribution >= 0.6 is 0 Å². The average molecular weight is 181 g/mol. The van der Waals surface area contributed by atoms with Crippen molar-refractivity contribution in [3.05, 3.63) is 23.9 Å². The third-order valence-electron chi connectivity index (χ3n) is 1.48. The second-order valence-electron chi connectivity index (χ2n) is 2.37. The topological polar surface area (TPSA) is 77.2 Å². The standard InChI is InChI=1S/C8H11N3O2/c1-13-8(12)11-7-3-2-6(4-9)5-10-7/h2-3,5H,4,9H2,1H3,(H,10,11,12). The Kier molecular flexibility index (Phi) is 3.22. The fourth-order valence-corrected chi connectivity index (χ4v) is 0.775. The first kappa shape index (κ1) is 9.47. The van der Waals surface area contributed by atoms with E-state index in [9.17, 15) is 4.79 Å². The SMILES string of the molecule is COC(=O)Nc1ccc(CN)cn1. The molecule has 0 atom stereocenters. The van der Waals surface area contributed by atoms with Gasteiger partial charge >= 0.3 is 6.09 Å². The van der Waals surface area contributed by atoms with Crippen LogP contribution < -0.4 is 11.1 Å². The number of pyridine rings is 1. The van der Waals surface area contributed by atoms with Gasteiger partial charge in [0.15, 0.2) is 0 Å². The molecule has 0 aliphatic rings. The number of rotatable bonds is 2. The van der Waals surface area contributed by atoms with Gasteiger partial charge in [-0.15, -0.1) is 0 Å². The van der Waals surface area contributed by atoms with Crippen LogP contribution in [0, 0.1) is 0 Å². The number of methoxy groups -OCH3 is 1. The summed E-state index contributed by atoms with van der Waals surface area (Å²) in [6, 6.07) is 3.46. The molecule has 0 fully saturated rings. The molecule has 0 bridgehead atoms. The van der Waals surface area contributed by atoms with Crippen LogP contribution in [-0.4, -0.2) is 18.2 Å². The molecule has 0 aliphatic heterocycles. The molecule has 0 unspecified atom stereocenters. The van der Waals surface area contributed by atoms with E-state index in [0.29, 0.717) is 12.4 Å². The zero-order valence-corrected chi connectivity index (χ0v) is 7.28. The number of ether oxygens (including phenoxy) is 1. The van der Waals surface area contributed by atoms with Gasteiger partial charge in [-0.05, 0) is 11.6 Å². The first-order chi connectivity index (χ1) is 6.26. The number of nitrogens with zero attached hydrogens (tertiary/aromatic N) is 1. The van der Waals surface area contributed by atoms with Crippen LogP contribution in [0.1, 0.15) is 5.56 Å². The van der Waals surface area contributed by atoms with E-state index < -0.39 is 6.09 Å². The predicted molar refractivity (Wildman–Crippen MR) is 48.2 cm³/mol. The van der Waals surface area contributed by atoms with Crippen LogP contribution in [0.4, 0.5) is 10.6 Å². The lowest BCUT2D eigenvalue weighted by Crippen LogP contribution is -2.12. The Morgan fingerprint density at radius 2 is 2.46 bits per heavy atom. The van der Waals surface area contributed by atoms with E-state index in [1.807, 2.05) is 0 Å². The Hall–Kier alpha value is -1.62. The zero-order valence-electron chi connectivity index (χ0n) is 7.28. The first-order valence-corrected chi connectivity index (χ1v) is 3.76. The summed E-state index contributed by atoms with van der Waals surface area (Å²) in [5.74, 6) is 0.448. The van der Waals surface area contributed by atoms with E-state index in [0.717, 1.165) is 5.56 Å². The molecule has 5 nitrogen and oxygen atoms in total. The van der Waals surface area contributed by atoms with Gasteiger partial charge in [0.05, 0.1) is 7.11 Å². The van der Waals surface area contributed by atoms with Crippen molar-refractivity contribution < 1.29 is 9.53 Å². The molecule has 0 radical (unpaired) electrons. The zero-order chi connectivity index (χ0) is 9.68. The Labute approximate surface area is 75.9 Å². The van der Waals surface area contributed by atoms with Crippen molar-refractivity contribution in [2.24, 2.45) is 5.73 Å². The number of carbonyl (C=O) groups is 1. The summed E-state index contributed by atoms with van der Waals surface area (Å²) >= 11 is 0. The summed E-state index contributed by atoms with van der Waals surface area (Å²) in [5, 5.41) is 2.43. The van der Waals surface area contributed by atoms with E-state index in [2.05, 4.69) is 15.0 Å². The monoisotopic (exact) mass is 181 g/mol. The van der Waals surface area contributed by atoms with Crippen LogP contribution in [0.25, 0.3) is 0 Å². The summed E-state index contributed by atoms with van der Waals surface area (Å²) in [4.78, 5) is 14.7. The Balaban J connectivity index is 2.64. The lowest BCUT2D eigenvalue weighted by Gasteiger charge is -2.02. The highest BCUT2D eigenvalue weighted by atomic mass is 16.5. The molecule has 5 heteroatoms. The molecule has 0 saturated heterocycles. The van der Waals surface area contributed by atoms with Gasteiger partial charge in [-0.2, -0.15) is 0 Å². The Morgan fingerprint density at radius 1 is 1.69 bits per heavy atom. The van der Waals surface area contributed by atoms with E-state index in [1.165, 1.54) is 7.11 Å². The van der Waals surface area contributed by atoms with Gasteiger partial charge < -0.3 is 10.5 Å². The molecule has 3 N–H and O–H groups in total. The number of hydrogen-bond donors (Lipinski definition) is 2. The maximum absolute atomic E-state index is 10.7. The average Bonchev–Trinajstić information content (AvgIpc) is 2.19. The third kappa shape index (κ3) is 2.72. The van der Waals surface area contributed by atoms with Crippen LogP contribution in [0.2, 0.25) is 0 Å². The molecular formula is C8H11N3O2. The van der Waals surface area contributed by atoms with E-state index in [4.69, 9.17) is 5.73 Å². The second kappa shape index (κ2) is 4.42. The number of nitrogens with two attached hydrogens (primary N) is 1. The lowest BCUT2D eigenvalue weighted by molar-refractivity contribution is 0.187. The molecule has 70 valence electrons. The van der Waals surface area contributed by atoms with Gasteiger partial charge in [0, 0.05) is 12.7 Å². The third-order valence-corrected chi connectivity index (χ3v) is 1.48. The lowest BCUT2D eigenvalue weighted by atomic mass is 10.3. The molecule has 0 saturated carbocycles. The van der Waals surface area contributed by atoms with Gasteiger partial charge in [-0.3, -0.25) is 5.32 Å². The van der Waals surface area contributed by atoms with Crippen molar-refractivity contribution in [1.29, 1.82) is 0 Å². The maximum atomic E-state index is 10.7. The molecule has 0 spiro atoms. The molecule has 1 heterocycles. The molecule has 13 heavy (non-hydrogen) atoms. The Bertz CT molecular complexity index is 284. The van der Waals surface area contributed by atoms with Gasteiger partial charge in [-0.1, -0.05) is 6.07 Å². The van der Waals surface area contributed by atoms with Crippen LogP contribution in [0.15, 0.2) is 18.3 Å². The molecule has 0 aromatic carbocycles. The quantitative estimate of drug-likeness (QED) is 0.704. The summed E-state index contributed by atoms with van der Waals surface area (Å²) in [6.07, 6.45) is 1.07. The highest BCUT2D eigenvalue weighted by molar-refractivity contribution is 5.83. The fraction of sp³-hybridized carbons (Fsp3) is 0.250. The molecule has 1 aromatic heterocycles. The molecule has 1 amide bonds. The number of hydrogen-bond acceptors (Lipinski definition) is 4. The van der Waals surface area contributed by atoms with Crippen molar-refractivity contribution in [2.75, 3.05) is 12.4 Å². The van der Waals surface area contributed by atoms with Crippen LogP contribution in [0.3, 0.4) is 0 Å². The van der Waals surface area contributed by atoms with Crippen molar-refractivity contribution in [1.82, 2.24) is 4.98 Å². The van der Waals surface area contributed by atoms with Crippen molar-refractivity contribution >= 4 is 11.9 Å². The largest absolute Gasteiger partial charge is 0.453 e. The van der Waals surface area contributed by atoms with Crippen LogP contribution in [-0.2, 0) is 11.3 Å². The highest BCUT2D eigenvalue weighted by Gasteiger charge is 2.00. The van der Waals surface area contributed by atoms with Gasteiger partial charge in [0.1, 0.15) is 5.82 Å². The maximum Gasteiger partial charge on any atom is 0.412 e. The fourth-order valence-electron chi connectivity index (χ4n) is 0.775. The second-order valence-corrected chi connectivity index (χ2v) is 2.37. The minimum absolute atomic E-state index is 0.436. The normalized spacial score (nSPS) is 9.38. The summed E-state index contributed by atoms with van der Waals surface area (Å²) in [5.41, 5.74) is 6.29. The molecule has 1 rings (SSSR count). The minimum Gasteiger partial charge on any atom is -0.453 e. The van der Waals surface area contributed by atoms with Crippen molar-refractivity contribution in [3.63, 3.8) is 0 Å².